The standard InChI is InChI=1S/C19H27N5O2/c1-10(2)19-8-11(19)12-14-13(20-9-23(14)6)16(21-15(12)22-19)24(7)17(25)26-18(3,4)5/h9-11H,8H2,1-7H3,(H,21,22). The number of fused-ring (bicyclic) bond motifs is 5. The SMILES string of the molecule is CC(C)C12CC1c1c(nc(N(C)C(=O)OC(C)(C)C)c3ncn(C)c13)N2. The third-order valence-corrected chi connectivity index (χ3v) is 5.60. The minimum absolute atomic E-state index is 0.0929. The van der Waals surface area contributed by atoms with Crippen molar-refractivity contribution in [3.05, 3.63) is 11.9 Å². The highest BCUT2D eigenvalue weighted by Crippen LogP contribution is 2.65. The molecule has 3 heterocycles. The lowest BCUT2D eigenvalue weighted by molar-refractivity contribution is 0.0588. The van der Waals surface area contributed by atoms with Gasteiger partial charge in [-0.25, -0.2) is 14.8 Å². The summed E-state index contributed by atoms with van der Waals surface area (Å²) in [4.78, 5) is 23.3. The molecule has 0 bridgehead atoms. The van der Waals surface area contributed by atoms with Crippen LogP contribution < -0.4 is 10.2 Å². The number of anilines is 2. The first kappa shape index (κ1) is 17.1. The summed E-state index contributed by atoms with van der Waals surface area (Å²) in [5, 5.41) is 3.64. The van der Waals surface area contributed by atoms with Gasteiger partial charge in [0.25, 0.3) is 0 Å². The molecule has 1 aliphatic carbocycles. The zero-order valence-electron chi connectivity index (χ0n) is 16.5. The average Bonchev–Trinajstić information content (AvgIpc) is 2.98. The van der Waals surface area contributed by atoms with Crippen LogP contribution in [-0.4, -0.2) is 38.8 Å². The summed E-state index contributed by atoms with van der Waals surface area (Å²) >= 11 is 0. The third-order valence-electron chi connectivity index (χ3n) is 5.60. The number of nitrogens with zero attached hydrogens (tertiary/aromatic N) is 4. The second kappa shape index (κ2) is 5.11. The lowest BCUT2D eigenvalue weighted by Crippen LogP contribution is -2.35. The first-order valence-electron chi connectivity index (χ1n) is 9.15. The molecule has 1 amide bonds. The van der Waals surface area contributed by atoms with E-state index in [1.807, 2.05) is 32.4 Å². The van der Waals surface area contributed by atoms with E-state index in [1.54, 1.807) is 13.4 Å². The van der Waals surface area contributed by atoms with E-state index in [0.717, 1.165) is 23.3 Å². The zero-order chi connectivity index (χ0) is 19.0. The van der Waals surface area contributed by atoms with Gasteiger partial charge in [0.15, 0.2) is 5.82 Å². The second-order valence-electron chi connectivity index (χ2n) is 8.87. The first-order valence-corrected chi connectivity index (χ1v) is 9.15. The van der Waals surface area contributed by atoms with E-state index in [-0.39, 0.29) is 5.54 Å². The fourth-order valence-corrected chi connectivity index (χ4v) is 4.10. The van der Waals surface area contributed by atoms with Crippen LogP contribution in [0.3, 0.4) is 0 Å². The van der Waals surface area contributed by atoms with Crippen molar-refractivity contribution in [2.24, 2.45) is 13.0 Å². The number of imidazole rings is 1. The molecule has 2 aromatic rings. The maximum absolute atomic E-state index is 12.6. The van der Waals surface area contributed by atoms with E-state index in [0.29, 0.717) is 17.7 Å². The number of rotatable bonds is 2. The first-order chi connectivity index (χ1) is 12.0. The lowest BCUT2D eigenvalue weighted by atomic mass is 9.99. The van der Waals surface area contributed by atoms with Crippen molar-refractivity contribution in [3.8, 4) is 0 Å². The Balaban J connectivity index is 1.81. The highest BCUT2D eigenvalue weighted by atomic mass is 16.6. The van der Waals surface area contributed by atoms with Crippen LogP contribution >= 0.6 is 0 Å². The van der Waals surface area contributed by atoms with Gasteiger partial charge in [0.2, 0.25) is 0 Å². The predicted molar refractivity (Wildman–Crippen MR) is 102 cm³/mol. The Morgan fingerprint density at radius 2 is 2.15 bits per heavy atom. The Morgan fingerprint density at radius 3 is 2.77 bits per heavy atom. The number of aromatic nitrogens is 3. The van der Waals surface area contributed by atoms with Crippen LogP contribution in [0, 0.1) is 5.92 Å². The largest absolute Gasteiger partial charge is 0.443 e. The van der Waals surface area contributed by atoms with Crippen LogP contribution in [-0.2, 0) is 11.8 Å². The maximum atomic E-state index is 12.6. The summed E-state index contributed by atoms with van der Waals surface area (Å²) in [7, 11) is 3.68. The van der Waals surface area contributed by atoms with Crippen LogP contribution in [0.1, 0.15) is 52.5 Å². The number of carbonyl (C=O) groups excluding carboxylic acids is 1. The number of carbonyl (C=O) groups is 1. The molecule has 2 aromatic heterocycles. The number of aryl methyl sites for hydroxylation is 1. The summed E-state index contributed by atoms with van der Waals surface area (Å²) in [5.41, 5.74) is 2.56. The monoisotopic (exact) mass is 357 g/mol. The van der Waals surface area contributed by atoms with Crippen molar-refractivity contribution >= 4 is 28.8 Å². The van der Waals surface area contributed by atoms with E-state index in [4.69, 9.17) is 9.72 Å². The molecule has 1 fully saturated rings. The molecule has 0 spiro atoms. The minimum atomic E-state index is -0.563. The van der Waals surface area contributed by atoms with Crippen molar-refractivity contribution in [3.63, 3.8) is 0 Å². The summed E-state index contributed by atoms with van der Waals surface area (Å²) < 4.78 is 7.54. The van der Waals surface area contributed by atoms with Crippen LogP contribution in [0.4, 0.5) is 16.4 Å². The van der Waals surface area contributed by atoms with Crippen LogP contribution in [0.2, 0.25) is 0 Å². The van der Waals surface area contributed by atoms with E-state index in [2.05, 4.69) is 24.1 Å². The molecule has 2 aliphatic rings. The second-order valence-corrected chi connectivity index (χ2v) is 8.87. The average molecular weight is 357 g/mol. The smallest absolute Gasteiger partial charge is 0.415 e. The molecular weight excluding hydrogens is 330 g/mol. The summed E-state index contributed by atoms with van der Waals surface area (Å²) in [6.45, 7) is 10.0. The number of hydrogen-bond donors (Lipinski definition) is 1. The molecule has 0 saturated heterocycles. The van der Waals surface area contributed by atoms with Crippen LogP contribution in [0.5, 0.6) is 0 Å². The number of pyridine rings is 1. The molecule has 2 unspecified atom stereocenters. The van der Waals surface area contributed by atoms with Gasteiger partial charge in [0.1, 0.15) is 16.9 Å². The summed E-state index contributed by atoms with van der Waals surface area (Å²) in [6.07, 6.45) is 2.48. The van der Waals surface area contributed by atoms with Gasteiger partial charge in [0, 0.05) is 31.1 Å². The number of amides is 1. The Morgan fingerprint density at radius 1 is 1.46 bits per heavy atom. The minimum Gasteiger partial charge on any atom is -0.443 e. The van der Waals surface area contributed by atoms with Crippen LogP contribution in [0.25, 0.3) is 11.0 Å². The molecule has 7 heteroatoms. The van der Waals surface area contributed by atoms with Crippen molar-refractivity contribution in [1.29, 1.82) is 0 Å². The van der Waals surface area contributed by atoms with Crippen molar-refractivity contribution in [1.82, 2.24) is 14.5 Å². The zero-order valence-corrected chi connectivity index (χ0v) is 16.5. The summed E-state index contributed by atoms with van der Waals surface area (Å²) in [6, 6.07) is 0. The van der Waals surface area contributed by atoms with Gasteiger partial charge >= 0.3 is 6.09 Å². The van der Waals surface area contributed by atoms with E-state index < -0.39 is 11.7 Å². The fraction of sp³-hybridized carbons (Fsp3) is 0.632. The van der Waals surface area contributed by atoms with Crippen LogP contribution in [0.15, 0.2) is 6.33 Å². The number of nitrogens with one attached hydrogen (secondary N) is 1. The quantitative estimate of drug-likeness (QED) is 0.888. The number of ether oxygens (including phenoxy) is 1. The summed E-state index contributed by atoms with van der Waals surface area (Å²) in [5.74, 6) is 2.37. The van der Waals surface area contributed by atoms with E-state index in [9.17, 15) is 4.79 Å². The highest BCUT2D eigenvalue weighted by molar-refractivity contribution is 6.00. The Hall–Kier alpha value is -2.31. The highest BCUT2D eigenvalue weighted by Gasteiger charge is 2.63. The van der Waals surface area contributed by atoms with Gasteiger partial charge in [-0.3, -0.25) is 4.90 Å². The molecule has 2 atom stereocenters. The normalized spacial score (nSPS) is 23.6. The van der Waals surface area contributed by atoms with Gasteiger partial charge in [-0.1, -0.05) is 13.8 Å². The molecule has 0 aromatic carbocycles. The molecule has 7 nitrogen and oxygen atoms in total. The van der Waals surface area contributed by atoms with Gasteiger partial charge in [-0.15, -0.1) is 0 Å². The predicted octanol–water partition coefficient (Wildman–Crippen LogP) is 3.65. The van der Waals surface area contributed by atoms with Gasteiger partial charge in [-0.05, 0) is 33.1 Å². The van der Waals surface area contributed by atoms with Crippen molar-refractivity contribution in [2.45, 2.75) is 58.1 Å². The third kappa shape index (κ3) is 2.29. The molecular formula is C19H27N5O2. The molecule has 1 saturated carbocycles. The van der Waals surface area contributed by atoms with Crippen molar-refractivity contribution in [2.75, 3.05) is 17.3 Å². The Bertz CT molecular complexity index is 911. The fourth-order valence-electron chi connectivity index (χ4n) is 4.10. The topological polar surface area (TPSA) is 72.3 Å². The molecule has 1 aliphatic heterocycles. The van der Waals surface area contributed by atoms with Gasteiger partial charge in [-0.2, -0.15) is 0 Å². The Labute approximate surface area is 153 Å². The molecule has 140 valence electrons. The Kier molecular flexibility index (Phi) is 3.37. The molecule has 0 radical (unpaired) electrons. The van der Waals surface area contributed by atoms with Gasteiger partial charge < -0.3 is 14.6 Å². The van der Waals surface area contributed by atoms with Crippen molar-refractivity contribution < 1.29 is 9.53 Å². The van der Waals surface area contributed by atoms with E-state index in [1.165, 1.54) is 10.5 Å². The maximum Gasteiger partial charge on any atom is 0.415 e. The van der Waals surface area contributed by atoms with E-state index >= 15 is 0 Å². The number of hydrogen-bond acceptors (Lipinski definition) is 5. The lowest BCUT2D eigenvalue weighted by Gasteiger charge is -2.25. The molecule has 26 heavy (non-hydrogen) atoms. The molecule has 4 rings (SSSR count). The van der Waals surface area contributed by atoms with Gasteiger partial charge in [0.05, 0.1) is 11.8 Å². The molecule has 1 N–H and O–H groups in total.